The molecule has 2 heterocycles. The van der Waals surface area contributed by atoms with Crippen molar-refractivity contribution in [2.24, 2.45) is 0 Å². The van der Waals surface area contributed by atoms with E-state index in [0.29, 0.717) is 17.6 Å². The van der Waals surface area contributed by atoms with Crippen LogP contribution in [0.2, 0.25) is 0 Å². The van der Waals surface area contributed by atoms with E-state index in [1.54, 1.807) is 0 Å². The number of aromatic amines is 1. The third-order valence-electron chi connectivity index (χ3n) is 4.86. The molecule has 0 radical (unpaired) electrons. The number of carbonyl (C=O) groups excluding carboxylic acids is 1. The molecule has 4 rings (SSSR count). The number of oxazole rings is 1. The lowest BCUT2D eigenvalue weighted by Crippen LogP contribution is -2.58. The minimum atomic E-state index is -0.485. The molecule has 134 valence electrons. The van der Waals surface area contributed by atoms with Gasteiger partial charge in [0.15, 0.2) is 5.58 Å². The third-order valence-corrected chi connectivity index (χ3v) is 4.86. The summed E-state index contributed by atoms with van der Waals surface area (Å²) in [6, 6.07) is 5.72. The van der Waals surface area contributed by atoms with Crippen LogP contribution in [0.3, 0.4) is 0 Å². The number of ether oxygens (including phenoxy) is 1. The Morgan fingerprint density at radius 3 is 2.72 bits per heavy atom. The molecule has 1 saturated heterocycles. The van der Waals surface area contributed by atoms with E-state index in [2.05, 4.69) is 9.88 Å². The first-order chi connectivity index (χ1) is 11.8. The molecule has 2 aliphatic rings. The second-order valence-corrected chi connectivity index (χ2v) is 7.97. The van der Waals surface area contributed by atoms with Gasteiger partial charge in [-0.15, -0.1) is 0 Å². The van der Waals surface area contributed by atoms with Crippen molar-refractivity contribution in [3.8, 4) is 0 Å². The largest absolute Gasteiger partial charge is 0.444 e. The van der Waals surface area contributed by atoms with Crippen molar-refractivity contribution in [2.75, 3.05) is 24.5 Å². The van der Waals surface area contributed by atoms with Crippen molar-refractivity contribution < 1.29 is 13.9 Å². The van der Waals surface area contributed by atoms with Gasteiger partial charge in [0.25, 0.3) is 0 Å². The Morgan fingerprint density at radius 2 is 2.04 bits per heavy atom. The fraction of sp³-hybridized carbons (Fsp3) is 0.556. The summed E-state index contributed by atoms with van der Waals surface area (Å²) in [5.41, 5.74) is 1.64. The summed E-state index contributed by atoms with van der Waals surface area (Å²) in [6.07, 6.45) is 1.76. The molecule has 0 bridgehead atoms. The lowest BCUT2D eigenvalue weighted by molar-refractivity contribution is 0.0106. The van der Waals surface area contributed by atoms with Gasteiger partial charge in [0.2, 0.25) is 0 Å². The van der Waals surface area contributed by atoms with Gasteiger partial charge in [-0.3, -0.25) is 9.88 Å². The zero-order valence-corrected chi connectivity index (χ0v) is 14.8. The van der Waals surface area contributed by atoms with Gasteiger partial charge in [-0.05, 0) is 45.7 Å². The van der Waals surface area contributed by atoms with Crippen LogP contribution >= 0.6 is 0 Å². The molecule has 7 nitrogen and oxygen atoms in total. The molecule has 1 aromatic carbocycles. The van der Waals surface area contributed by atoms with Gasteiger partial charge in [-0.25, -0.2) is 9.59 Å². The Morgan fingerprint density at radius 1 is 1.28 bits per heavy atom. The van der Waals surface area contributed by atoms with E-state index in [1.165, 1.54) is 0 Å². The molecule has 1 saturated carbocycles. The predicted molar refractivity (Wildman–Crippen MR) is 94.0 cm³/mol. The number of H-pyrrole nitrogens is 1. The number of nitrogens with one attached hydrogen (secondary N) is 1. The molecule has 2 aromatic rings. The highest BCUT2D eigenvalue weighted by Gasteiger charge is 2.54. The summed E-state index contributed by atoms with van der Waals surface area (Å²) in [5.74, 6) is -0.444. The number of carbonyl (C=O) groups is 1. The molecule has 7 heteroatoms. The standard InChI is InChI=1S/C18H23N3O4/c1-17(2,3)25-16(23)21-9-8-20(11-18(21)6-7-18)12-4-5-13-14(10-12)24-15(22)19-13/h4-5,10H,6-9,11H2,1-3H3,(H,19,22). The van der Waals surface area contributed by atoms with Crippen LogP contribution in [0.1, 0.15) is 33.6 Å². The zero-order valence-electron chi connectivity index (χ0n) is 14.8. The highest BCUT2D eigenvalue weighted by Crippen LogP contribution is 2.45. The van der Waals surface area contributed by atoms with Gasteiger partial charge < -0.3 is 14.1 Å². The van der Waals surface area contributed by atoms with E-state index in [-0.39, 0.29) is 11.6 Å². The second-order valence-electron chi connectivity index (χ2n) is 7.97. The second kappa shape index (κ2) is 5.28. The Bertz CT molecular complexity index is 872. The Kier molecular flexibility index (Phi) is 3.39. The van der Waals surface area contributed by atoms with Gasteiger partial charge in [0.1, 0.15) is 5.60 Å². The average molecular weight is 345 g/mol. The van der Waals surface area contributed by atoms with Gasteiger partial charge in [0, 0.05) is 31.4 Å². The molecule has 2 fully saturated rings. The molecule has 1 spiro atoms. The van der Waals surface area contributed by atoms with E-state index in [4.69, 9.17) is 9.15 Å². The topological polar surface area (TPSA) is 78.8 Å². The van der Waals surface area contributed by atoms with Gasteiger partial charge in [0.05, 0.1) is 11.1 Å². The fourth-order valence-corrected chi connectivity index (χ4v) is 3.50. The van der Waals surface area contributed by atoms with Crippen LogP contribution in [0, 0.1) is 0 Å². The van der Waals surface area contributed by atoms with Crippen LogP contribution in [-0.4, -0.2) is 46.8 Å². The Balaban J connectivity index is 1.53. The first-order valence-electron chi connectivity index (χ1n) is 8.64. The monoisotopic (exact) mass is 345 g/mol. The molecule has 1 aromatic heterocycles. The maximum absolute atomic E-state index is 12.5. The number of hydrogen-bond acceptors (Lipinski definition) is 5. The fourth-order valence-electron chi connectivity index (χ4n) is 3.50. The van der Waals surface area contributed by atoms with E-state index >= 15 is 0 Å². The summed E-state index contributed by atoms with van der Waals surface area (Å²) in [7, 11) is 0. The van der Waals surface area contributed by atoms with Crippen molar-refractivity contribution in [1.29, 1.82) is 0 Å². The average Bonchev–Trinajstić information content (AvgIpc) is 3.15. The molecule has 1 amide bonds. The van der Waals surface area contributed by atoms with Gasteiger partial charge >= 0.3 is 11.8 Å². The number of fused-ring (bicyclic) bond motifs is 1. The van der Waals surface area contributed by atoms with Crippen LogP contribution in [0.25, 0.3) is 11.1 Å². The van der Waals surface area contributed by atoms with Crippen LogP contribution in [0.5, 0.6) is 0 Å². The number of amides is 1. The Hall–Kier alpha value is -2.44. The maximum Gasteiger partial charge on any atom is 0.417 e. The number of rotatable bonds is 1. The first-order valence-corrected chi connectivity index (χ1v) is 8.64. The Labute approximate surface area is 145 Å². The number of hydrogen-bond donors (Lipinski definition) is 1. The van der Waals surface area contributed by atoms with E-state index in [9.17, 15) is 9.59 Å². The normalized spacial score (nSPS) is 19.5. The highest BCUT2D eigenvalue weighted by atomic mass is 16.6. The number of aromatic nitrogens is 1. The van der Waals surface area contributed by atoms with Crippen molar-refractivity contribution in [3.05, 3.63) is 28.7 Å². The lowest BCUT2D eigenvalue weighted by Gasteiger charge is -2.43. The van der Waals surface area contributed by atoms with Gasteiger partial charge in [-0.1, -0.05) is 0 Å². The maximum atomic E-state index is 12.5. The van der Waals surface area contributed by atoms with Crippen LogP contribution in [0.4, 0.5) is 10.5 Å². The minimum absolute atomic E-state index is 0.130. The van der Waals surface area contributed by atoms with Crippen molar-refractivity contribution in [2.45, 2.75) is 44.8 Å². The van der Waals surface area contributed by atoms with Crippen molar-refractivity contribution >= 4 is 22.9 Å². The molecule has 0 unspecified atom stereocenters. The summed E-state index contributed by atoms with van der Waals surface area (Å²) in [5, 5.41) is 0. The lowest BCUT2D eigenvalue weighted by atomic mass is 10.1. The van der Waals surface area contributed by atoms with E-state index in [0.717, 1.165) is 31.6 Å². The number of nitrogens with zero attached hydrogens (tertiary/aromatic N) is 2. The first kappa shape index (κ1) is 16.1. The van der Waals surface area contributed by atoms with Crippen molar-refractivity contribution in [3.63, 3.8) is 0 Å². The van der Waals surface area contributed by atoms with Gasteiger partial charge in [-0.2, -0.15) is 0 Å². The summed E-state index contributed by atoms with van der Waals surface area (Å²) >= 11 is 0. The summed E-state index contributed by atoms with van der Waals surface area (Å²) in [4.78, 5) is 30.6. The molecule has 1 aliphatic carbocycles. The van der Waals surface area contributed by atoms with E-state index in [1.807, 2.05) is 43.9 Å². The molecule has 25 heavy (non-hydrogen) atoms. The number of benzene rings is 1. The zero-order chi connectivity index (χ0) is 17.8. The summed E-state index contributed by atoms with van der Waals surface area (Å²) < 4.78 is 10.7. The predicted octanol–water partition coefficient (Wildman–Crippen LogP) is 2.71. The molecule has 1 aliphatic heterocycles. The quantitative estimate of drug-likeness (QED) is 0.860. The van der Waals surface area contributed by atoms with Crippen LogP contribution in [0.15, 0.2) is 27.4 Å². The minimum Gasteiger partial charge on any atom is -0.444 e. The number of anilines is 1. The molecular formula is C18H23N3O4. The van der Waals surface area contributed by atoms with Crippen LogP contribution in [-0.2, 0) is 4.74 Å². The smallest absolute Gasteiger partial charge is 0.417 e. The SMILES string of the molecule is CC(C)(C)OC(=O)N1CCN(c2ccc3[nH]c(=O)oc3c2)CC12CC2. The van der Waals surface area contributed by atoms with Crippen LogP contribution < -0.4 is 10.7 Å². The van der Waals surface area contributed by atoms with Crippen molar-refractivity contribution in [1.82, 2.24) is 9.88 Å². The molecule has 1 N–H and O–H groups in total. The summed E-state index contributed by atoms with van der Waals surface area (Å²) in [6.45, 7) is 7.79. The number of piperazine rings is 1. The third kappa shape index (κ3) is 2.99. The molecule has 0 atom stereocenters. The molecular weight excluding hydrogens is 322 g/mol. The highest BCUT2D eigenvalue weighted by molar-refractivity contribution is 5.77. The van der Waals surface area contributed by atoms with E-state index < -0.39 is 11.4 Å².